The molecule has 1 aliphatic heterocycles. The summed E-state index contributed by atoms with van der Waals surface area (Å²) in [5.41, 5.74) is 0. The van der Waals surface area contributed by atoms with Gasteiger partial charge in [-0.3, -0.25) is 4.90 Å². The van der Waals surface area contributed by atoms with Crippen LogP contribution in [0.5, 0.6) is 0 Å². The molecule has 0 spiro atoms. The van der Waals surface area contributed by atoms with Gasteiger partial charge in [0, 0.05) is 12.8 Å². The first-order chi connectivity index (χ1) is 9.95. The van der Waals surface area contributed by atoms with E-state index in [4.69, 9.17) is 0 Å². The van der Waals surface area contributed by atoms with Crippen LogP contribution in [0, 0.1) is 0 Å². The van der Waals surface area contributed by atoms with Crippen molar-refractivity contribution < 1.29 is 14.7 Å². The number of carboxylic acid groups (broad SMARTS) is 1. The van der Waals surface area contributed by atoms with E-state index in [0.717, 1.165) is 0 Å². The predicted octanol–water partition coefficient (Wildman–Crippen LogP) is 0.824. The van der Waals surface area contributed by atoms with Crippen molar-refractivity contribution in [2.24, 2.45) is 7.05 Å². The van der Waals surface area contributed by atoms with Crippen molar-refractivity contribution in [1.29, 1.82) is 0 Å². The lowest BCUT2D eigenvalue weighted by Gasteiger charge is -2.28. The Morgan fingerprint density at radius 3 is 2.86 bits per heavy atom. The second-order valence-corrected chi connectivity index (χ2v) is 6.14. The molecule has 8 nitrogen and oxygen atoms in total. The van der Waals surface area contributed by atoms with E-state index < -0.39 is 12.0 Å². The number of aromatic nitrogens is 3. The van der Waals surface area contributed by atoms with Crippen LogP contribution in [0.4, 0.5) is 4.79 Å². The molecule has 21 heavy (non-hydrogen) atoms. The first-order valence-corrected chi connectivity index (χ1v) is 7.77. The van der Waals surface area contributed by atoms with Gasteiger partial charge in [0.05, 0.1) is 11.4 Å². The third-order valence-corrected chi connectivity index (χ3v) is 4.89. The minimum absolute atomic E-state index is 0.113. The lowest BCUT2D eigenvalue weighted by molar-refractivity contribution is -0.141. The molecule has 1 aliphatic rings. The van der Waals surface area contributed by atoms with E-state index in [2.05, 4.69) is 15.5 Å². The van der Waals surface area contributed by atoms with Crippen LogP contribution in [0.3, 0.4) is 0 Å². The summed E-state index contributed by atoms with van der Waals surface area (Å²) >= 11 is 1.49. The molecule has 0 saturated carbocycles. The van der Waals surface area contributed by atoms with Crippen molar-refractivity contribution in [2.75, 3.05) is 5.75 Å². The number of rotatable bonds is 4. The van der Waals surface area contributed by atoms with Crippen LogP contribution in [0.15, 0.2) is 6.33 Å². The molecule has 1 aromatic heterocycles. The number of carboxylic acids is 1. The highest BCUT2D eigenvalue weighted by Crippen LogP contribution is 2.31. The van der Waals surface area contributed by atoms with Crippen molar-refractivity contribution in [3.05, 3.63) is 12.2 Å². The Hall–Kier alpha value is -1.77. The van der Waals surface area contributed by atoms with Gasteiger partial charge in [0.15, 0.2) is 5.82 Å². The summed E-state index contributed by atoms with van der Waals surface area (Å²) in [4.78, 5) is 25.1. The van der Waals surface area contributed by atoms with Crippen LogP contribution in [-0.2, 0) is 11.8 Å². The zero-order valence-corrected chi connectivity index (χ0v) is 13.0. The highest BCUT2D eigenvalue weighted by molar-refractivity contribution is 8.00. The van der Waals surface area contributed by atoms with E-state index >= 15 is 0 Å². The number of urea groups is 1. The highest BCUT2D eigenvalue weighted by atomic mass is 32.2. The van der Waals surface area contributed by atoms with Gasteiger partial charge in [0.2, 0.25) is 0 Å². The molecule has 0 aromatic carbocycles. The third-order valence-electron chi connectivity index (χ3n) is 3.44. The smallest absolute Gasteiger partial charge is 0.327 e. The second kappa shape index (κ2) is 6.33. The lowest BCUT2D eigenvalue weighted by Crippen LogP contribution is -2.50. The van der Waals surface area contributed by atoms with E-state index in [0.29, 0.717) is 18.0 Å². The summed E-state index contributed by atoms with van der Waals surface area (Å²) in [7, 11) is 1.79. The maximum Gasteiger partial charge on any atom is 0.327 e. The van der Waals surface area contributed by atoms with Gasteiger partial charge in [-0.15, -0.1) is 22.0 Å². The molecule has 9 heteroatoms. The number of hydrogen-bond donors (Lipinski definition) is 2. The summed E-state index contributed by atoms with van der Waals surface area (Å²) in [5.74, 6) is 0.0645. The molecule has 0 radical (unpaired) electrons. The zero-order valence-electron chi connectivity index (χ0n) is 12.2. The number of hydrogen-bond acceptors (Lipinski definition) is 5. The fourth-order valence-electron chi connectivity index (χ4n) is 2.35. The Balaban J connectivity index is 2.10. The van der Waals surface area contributed by atoms with E-state index in [-0.39, 0.29) is 17.4 Å². The number of amides is 2. The molecule has 1 fully saturated rings. The van der Waals surface area contributed by atoms with Crippen LogP contribution in [0.2, 0.25) is 0 Å². The molecular weight excluding hydrogens is 294 g/mol. The Morgan fingerprint density at radius 1 is 1.62 bits per heavy atom. The number of thioether (sulfide) groups is 1. The third kappa shape index (κ3) is 3.12. The van der Waals surface area contributed by atoms with Crippen molar-refractivity contribution in [3.8, 4) is 0 Å². The average Bonchev–Trinajstić information content (AvgIpc) is 3.03. The van der Waals surface area contributed by atoms with Crippen LogP contribution >= 0.6 is 11.8 Å². The first kappa shape index (κ1) is 15.6. The molecule has 0 bridgehead atoms. The number of nitrogens with zero attached hydrogens (tertiary/aromatic N) is 4. The SMILES string of the molecule is CCC1SCC(C(=O)O)N1C(=O)NC(C)c1nncn1C. The van der Waals surface area contributed by atoms with Gasteiger partial charge in [-0.05, 0) is 13.3 Å². The van der Waals surface area contributed by atoms with Crippen LogP contribution in [-0.4, -0.2) is 53.9 Å². The quantitative estimate of drug-likeness (QED) is 0.853. The zero-order chi connectivity index (χ0) is 15.6. The maximum absolute atomic E-state index is 12.4. The van der Waals surface area contributed by atoms with Crippen LogP contribution in [0.25, 0.3) is 0 Å². The lowest BCUT2D eigenvalue weighted by atomic mass is 10.2. The summed E-state index contributed by atoms with van der Waals surface area (Å²) in [6.45, 7) is 3.73. The minimum Gasteiger partial charge on any atom is -0.480 e. The van der Waals surface area contributed by atoms with Crippen molar-refractivity contribution >= 4 is 23.8 Å². The Kier molecular flexibility index (Phi) is 4.71. The normalized spacial score (nSPS) is 23.1. The van der Waals surface area contributed by atoms with Gasteiger partial charge in [-0.2, -0.15) is 0 Å². The van der Waals surface area contributed by atoms with Crippen LogP contribution in [0.1, 0.15) is 32.1 Å². The Bertz CT molecular complexity index is 535. The summed E-state index contributed by atoms with van der Waals surface area (Å²) in [6.07, 6.45) is 2.26. The van der Waals surface area contributed by atoms with Gasteiger partial charge >= 0.3 is 12.0 Å². The molecule has 2 heterocycles. The molecule has 2 N–H and O–H groups in total. The molecule has 2 amide bonds. The van der Waals surface area contributed by atoms with E-state index in [1.165, 1.54) is 16.7 Å². The first-order valence-electron chi connectivity index (χ1n) is 6.72. The summed E-state index contributed by atoms with van der Waals surface area (Å²) in [5, 5.41) is 19.7. The number of carbonyl (C=O) groups is 2. The van der Waals surface area contributed by atoms with Crippen LogP contribution < -0.4 is 5.32 Å². The Morgan fingerprint density at radius 2 is 2.33 bits per heavy atom. The Labute approximate surface area is 126 Å². The van der Waals surface area contributed by atoms with E-state index in [1.54, 1.807) is 24.9 Å². The predicted molar refractivity (Wildman–Crippen MR) is 77.7 cm³/mol. The fraction of sp³-hybridized carbons (Fsp3) is 0.667. The topological polar surface area (TPSA) is 100 Å². The maximum atomic E-state index is 12.4. The second-order valence-electron chi connectivity index (χ2n) is 4.93. The fourth-order valence-corrected chi connectivity index (χ4v) is 3.70. The largest absolute Gasteiger partial charge is 0.480 e. The van der Waals surface area contributed by atoms with Crippen molar-refractivity contribution in [2.45, 2.75) is 37.7 Å². The average molecular weight is 313 g/mol. The molecule has 116 valence electrons. The molecule has 1 aromatic rings. The van der Waals surface area contributed by atoms with Crippen molar-refractivity contribution in [1.82, 2.24) is 25.0 Å². The highest BCUT2D eigenvalue weighted by Gasteiger charge is 2.41. The number of aliphatic carboxylic acids is 1. The van der Waals surface area contributed by atoms with Crippen molar-refractivity contribution in [3.63, 3.8) is 0 Å². The van der Waals surface area contributed by atoms with Gasteiger partial charge in [-0.25, -0.2) is 9.59 Å². The molecule has 3 unspecified atom stereocenters. The summed E-state index contributed by atoms with van der Waals surface area (Å²) in [6, 6.07) is -1.51. The number of aryl methyl sites for hydroxylation is 1. The van der Waals surface area contributed by atoms with E-state index in [9.17, 15) is 14.7 Å². The molecule has 1 saturated heterocycles. The number of nitrogens with one attached hydrogen (secondary N) is 1. The molecule has 2 rings (SSSR count). The van der Waals surface area contributed by atoms with Gasteiger partial charge in [0.1, 0.15) is 12.4 Å². The minimum atomic E-state index is -0.972. The molecular formula is C12H19N5O3S. The number of carbonyl (C=O) groups excluding carboxylic acids is 1. The standard InChI is InChI=1S/C12H19N5O3S/c1-4-9-17(8(5-21-9)11(18)19)12(20)14-7(2)10-15-13-6-16(10)3/h6-9H,4-5H2,1-3H3,(H,14,20)(H,18,19). The van der Waals surface area contributed by atoms with Gasteiger partial charge < -0.3 is 15.0 Å². The van der Waals surface area contributed by atoms with E-state index in [1.807, 2.05) is 6.92 Å². The monoisotopic (exact) mass is 313 g/mol. The molecule has 3 atom stereocenters. The van der Waals surface area contributed by atoms with Gasteiger partial charge in [0.25, 0.3) is 0 Å². The molecule has 0 aliphatic carbocycles. The summed E-state index contributed by atoms with van der Waals surface area (Å²) < 4.78 is 1.72. The van der Waals surface area contributed by atoms with Gasteiger partial charge in [-0.1, -0.05) is 6.92 Å².